The minimum absolute atomic E-state index is 0. The van der Waals surface area contributed by atoms with E-state index in [4.69, 9.17) is 27.6 Å². The molecule has 0 fully saturated rings. The molecule has 7 nitrogen and oxygen atoms in total. The van der Waals surface area contributed by atoms with Crippen LogP contribution in [0.2, 0.25) is 0 Å². The van der Waals surface area contributed by atoms with E-state index in [0.29, 0.717) is 0 Å². The van der Waals surface area contributed by atoms with Crippen LogP contribution in [0, 0.1) is 10.1 Å². The van der Waals surface area contributed by atoms with E-state index in [1.807, 2.05) is 0 Å². The van der Waals surface area contributed by atoms with Crippen LogP contribution in [0.4, 0.5) is 0 Å². The fourth-order valence-electron chi connectivity index (χ4n) is 0. The van der Waals surface area contributed by atoms with E-state index in [1.54, 1.807) is 0 Å². The minimum atomic E-state index is -4.67. The molecular weight excluding hydrogens is 198 g/mol. The van der Waals surface area contributed by atoms with Gasteiger partial charge in [-0.15, -0.1) is 5.34 Å². The molecule has 0 aromatic heterocycles. The fraction of sp³-hybridized carbons (Fsp3) is 0. The van der Waals surface area contributed by atoms with Crippen LogP contribution < -0.4 is 0 Å². The van der Waals surface area contributed by atoms with Crippen LogP contribution in [0.25, 0.3) is 0 Å². The molecule has 0 aliphatic carbocycles. The number of nitrogens with zero attached hydrogens (tertiary/aromatic N) is 1. The Hall–Kier alpha value is -0.211. The first-order chi connectivity index (χ1) is 3.41. The molecule has 58 valence electrons. The van der Waals surface area contributed by atoms with Gasteiger partial charge in [-0.05, 0) is 0 Å². The zero-order chi connectivity index (χ0) is 7.21. The number of hydrogen-bond acceptors (Lipinski definition) is 5. The van der Waals surface area contributed by atoms with Gasteiger partial charge in [0.05, 0.1) is 0 Å². The molecule has 0 bridgehead atoms. The summed E-state index contributed by atoms with van der Waals surface area (Å²) < 4.78 is 31.6. The monoisotopic (exact) mass is 200 g/mol. The molecular formula is H2FeNO6S-. The summed E-state index contributed by atoms with van der Waals surface area (Å²) in [7, 11) is -4.67. The average molecular weight is 200 g/mol. The average Bonchev–Trinajstić information content (AvgIpc) is 1.27. The predicted molar refractivity (Wildman–Crippen MR) is 23.3 cm³/mol. The number of hydrogen-bond donors (Lipinski definition) is 2. The van der Waals surface area contributed by atoms with Crippen LogP contribution in [-0.2, 0) is 27.5 Å². The summed E-state index contributed by atoms with van der Waals surface area (Å²) in [4.78, 5) is 8.00. The van der Waals surface area contributed by atoms with E-state index < -0.39 is 10.4 Å². The van der Waals surface area contributed by atoms with Crippen molar-refractivity contribution in [3.05, 3.63) is 10.1 Å². The van der Waals surface area contributed by atoms with E-state index in [2.05, 4.69) is 0 Å². The van der Waals surface area contributed by atoms with Gasteiger partial charge in [-0.1, -0.05) is 0 Å². The standard InChI is InChI=1S/Fe.HNO2.H2O4S/c;2-1-3;1-5(2,3)4/h;(H,2,3);(H2,1,2,3,4)/p-1. The Kier molecular flexibility index (Phi) is 13.8. The second-order valence-electron chi connectivity index (χ2n) is 0.522. The summed E-state index contributed by atoms with van der Waals surface area (Å²) in [5, 5.41) is 9.00. The Bertz CT molecular complexity index is 127. The first kappa shape index (κ1) is 15.9. The molecule has 0 rings (SSSR count). The molecule has 0 amide bonds. The topological polar surface area (TPSA) is 127 Å². The molecule has 0 unspecified atom stereocenters. The zero-order valence-electron chi connectivity index (χ0n) is 3.74. The van der Waals surface area contributed by atoms with Gasteiger partial charge in [-0.3, -0.25) is 9.11 Å². The fourth-order valence-corrected chi connectivity index (χ4v) is 0. The molecule has 9 heteroatoms. The van der Waals surface area contributed by atoms with Gasteiger partial charge in [0.1, 0.15) is 0 Å². The minimum Gasteiger partial charge on any atom is -0.444 e. The summed E-state index contributed by atoms with van der Waals surface area (Å²) >= 11 is 0. The van der Waals surface area contributed by atoms with E-state index >= 15 is 0 Å². The Balaban J connectivity index is -0.0000000800. The SMILES string of the molecule is O=N[O-].O=S(=O)(O)O.[Fe]. The predicted octanol–water partition coefficient (Wildman–Crippen LogP) is -0.405. The van der Waals surface area contributed by atoms with Gasteiger partial charge in [0.2, 0.25) is 0 Å². The molecule has 0 aromatic carbocycles. The molecule has 0 atom stereocenters. The molecule has 0 saturated carbocycles. The van der Waals surface area contributed by atoms with Gasteiger partial charge in [-0.2, -0.15) is 8.42 Å². The van der Waals surface area contributed by atoms with E-state index in [-0.39, 0.29) is 17.1 Å². The first-order valence-electron chi connectivity index (χ1n) is 1.06. The Morgan fingerprint density at radius 1 is 1.33 bits per heavy atom. The normalized spacial score (nSPS) is 7.78. The van der Waals surface area contributed by atoms with Crippen LogP contribution in [0.1, 0.15) is 0 Å². The second kappa shape index (κ2) is 7.79. The van der Waals surface area contributed by atoms with Crippen molar-refractivity contribution in [3.8, 4) is 0 Å². The van der Waals surface area contributed by atoms with Gasteiger partial charge >= 0.3 is 10.4 Å². The summed E-state index contributed by atoms with van der Waals surface area (Å²) in [6.45, 7) is 0. The summed E-state index contributed by atoms with van der Waals surface area (Å²) in [6, 6.07) is 0. The van der Waals surface area contributed by atoms with Crippen molar-refractivity contribution < 1.29 is 34.6 Å². The van der Waals surface area contributed by atoms with Crippen molar-refractivity contribution in [2.45, 2.75) is 0 Å². The van der Waals surface area contributed by atoms with Gasteiger partial charge < -0.3 is 10.1 Å². The third-order valence-corrected chi connectivity index (χ3v) is 0. The molecule has 0 aliphatic heterocycles. The maximum atomic E-state index is 8.74. The molecule has 2 N–H and O–H groups in total. The maximum Gasteiger partial charge on any atom is 0.394 e. The quantitative estimate of drug-likeness (QED) is 0.237. The molecule has 0 aliphatic rings. The van der Waals surface area contributed by atoms with E-state index in [9.17, 15) is 0 Å². The van der Waals surface area contributed by atoms with Gasteiger partial charge in [0.25, 0.3) is 0 Å². The largest absolute Gasteiger partial charge is 0.444 e. The van der Waals surface area contributed by atoms with Crippen LogP contribution >= 0.6 is 0 Å². The second-order valence-corrected chi connectivity index (χ2v) is 1.42. The van der Waals surface area contributed by atoms with Crippen molar-refractivity contribution in [3.63, 3.8) is 0 Å². The molecule has 0 radical (unpaired) electrons. The number of rotatable bonds is 0. The van der Waals surface area contributed by atoms with Crippen molar-refractivity contribution in [2.24, 2.45) is 5.34 Å². The Morgan fingerprint density at radius 3 is 1.33 bits per heavy atom. The van der Waals surface area contributed by atoms with Gasteiger partial charge in [0.15, 0.2) is 0 Å². The van der Waals surface area contributed by atoms with Gasteiger partial charge in [-0.25, -0.2) is 0 Å². The Labute approximate surface area is 61.1 Å². The van der Waals surface area contributed by atoms with Crippen molar-refractivity contribution in [1.29, 1.82) is 0 Å². The first-order valence-corrected chi connectivity index (χ1v) is 2.46. The summed E-state index contributed by atoms with van der Waals surface area (Å²) in [5.74, 6) is 0. The summed E-state index contributed by atoms with van der Waals surface area (Å²) in [5.41, 5.74) is 0. The van der Waals surface area contributed by atoms with Gasteiger partial charge in [0, 0.05) is 17.1 Å². The van der Waals surface area contributed by atoms with Crippen molar-refractivity contribution >= 4 is 10.4 Å². The van der Waals surface area contributed by atoms with E-state index in [0.717, 1.165) is 5.34 Å². The summed E-state index contributed by atoms with van der Waals surface area (Å²) in [6.07, 6.45) is 0. The maximum absolute atomic E-state index is 8.74. The molecule has 0 saturated heterocycles. The molecule has 0 aromatic rings. The smallest absolute Gasteiger partial charge is 0.394 e. The zero-order valence-corrected chi connectivity index (χ0v) is 5.66. The third kappa shape index (κ3) is 5890. The van der Waals surface area contributed by atoms with E-state index in [1.165, 1.54) is 0 Å². The van der Waals surface area contributed by atoms with Crippen LogP contribution in [0.15, 0.2) is 5.34 Å². The Morgan fingerprint density at radius 2 is 1.33 bits per heavy atom. The molecule has 0 spiro atoms. The van der Waals surface area contributed by atoms with Crippen LogP contribution in [0.3, 0.4) is 0 Å². The van der Waals surface area contributed by atoms with Crippen LogP contribution in [-0.4, -0.2) is 17.5 Å². The third-order valence-electron chi connectivity index (χ3n) is 0. The van der Waals surface area contributed by atoms with Crippen molar-refractivity contribution in [2.75, 3.05) is 0 Å². The van der Waals surface area contributed by atoms with Crippen LogP contribution in [0.5, 0.6) is 0 Å². The van der Waals surface area contributed by atoms with Crippen molar-refractivity contribution in [1.82, 2.24) is 0 Å². The molecule has 9 heavy (non-hydrogen) atoms. The molecule has 0 heterocycles.